The van der Waals surface area contributed by atoms with Crippen molar-refractivity contribution >= 4 is 15.8 Å². The van der Waals surface area contributed by atoms with Gasteiger partial charge in [0, 0.05) is 0 Å². The minimum absolute atomic E-state index is 0.263. The van der Waals surface area contributed by atoms with Crippen LogP contribution in [0.25, 0.3) is 0 Å². The van der Waals surface area contributed by atoms with E-state index in [2.05, 4.69) is 6.58 Å². The highest BCUT2D eigenvalue weighted by molar-refractivity contribution is 7.92. The summed E-state index contributed by atoms with van der Waals surface area (Å²) < 4.78 is 22.3. The van der Waals surface area contributed by atoms with E-state index in [1.54, 1.807) is 6.92 Å². The van der Waals surface area contributed by atoms with Gasteiger partial charge in [0.05, 0.1) is 5.75 Å². The van der Waals surface area contributed by atoms with Gasteiger partial charge in [0.25, 0.3) is 0 Å². The Balaban J connectivity index is 4.63. The molecule has 0 aliphatic carbocycles. The Labute approximate surface area is 71.8 Å². The van der Waals surface area contributed by atoms with Crippen LogP contribution in [0.2, 0.25) is 0 Å². The number of hydrogen-bond acceptors (Lipinski definition) is 3. The Hall–Kier alpha value is -0.840. The van der Waals surface area contributed by atoms with Crippen LogP contribution in [0, 0.1) is 0 Å². The molecule has 1 atom stereocenters. The van der Waals surface area contributed by atoms with Crippen molar-refractivity contribution in [3.63, 3.8) is 0 Å². The van der Waals surface area contributed by atoms with Gasteiger partial charge in [0.15, 0.2) is 15.1 Å². The smallest absolute Gasteiger partial charge is 0.321 e. The van der Waals surface area contributed by atoms with Crippen LogP contribution in [0.15, 0.2) is 12.2 Å². The molecule has 0 aromatic carbocycles. The monoisotopic (exact) mass is 192 g/mol. The molecule has 0 radical (unpaired) electrons. The fourth-order valence-corrected chi connectivity index (χ4v) is 1.87. The van der Waals surface area contributed by atoms with Crippen LogP contribution in [0.4, 0.5) is 0 Å². The molecule has 1 N–H and O–H groups in total. The summed E-state index contributed by atoms with van der Waals surface area (Å²) in [5.74, 6) is -1.59. The predicted molar refractivity (Wildman–Crippen MR) is 45.7 cm³/mol. The number of carbonyl (C=O) groups is 1. The van der Waals surface area contributed by atoms with E-state index in [1.165, 1.54) is 0 Å². The molecular weight excluding hydrogens is 180 g/mol. The molecule has 0 saturated heterocycles. The number of aliphatic carboxylic acids is 1. The molecule has 0 amide bonds. The summed E-state index contributed by atoms with van der Waals surface area (Å²) in [5.41, 5.74) is 0.447. The summed E-state index contributed by atoms with van der Waals surface area (Å²) in [4.78, 5) is 10.3. The maximum absolute atomic E-state index is 11.1. The lowest BCUT2D eigenvalue weighted by Crippen LogP contribution is -2.29. The van der Waals surface area contributed by atoms with E-state index >= 15 is 0 Å². The molecule has 0 rings (SSSR count). The number of carboxylic acids is 1. The van der Waals surface area contributed by atoms with E-state index in [-0.39, 0.29) is 5.75 Å². The van der Waals surface area contributed by atoms with Crippen molar-refractivity contribution in [1.82, 2.24) is 0 Å². The highest BCUT2D eigenvalue weighted by Gasteiger charge is 2.26. The molecule has 0 fully saturated rings. The first-order valence-electron chi connectivity index (χ1n) is 3.36. The van der Waals surface area contributed by atoms with Crippen molar-refractivity contribution in [3.05, 3.63) is 12.2 Å². The molecule has 4 nitrogen and oxygen atoms in total. The molecule has 1 unspecified atom stereocenters. The van der Waals surface area contributed by atoms with Crippen molar-refractivity contribution in [3.8, 4) is 0 Å². The lowest BCUT2D eigenvalue weighted by molar-refractivity contribution is -0.136. The third kappa shape index (κ3) is 3.04. The molecule has 0 aliphatic rings. The number of carboxylic acid groups (broad SMARTS) is 1. The summed E-state index contributed by atoms with van der Waals surface area (Å²) in [7, 11) is -3.56. The predicted octanol–water partition coefficient (Wildman–Crippen LogP) is 0.450. The normalized spacial score (nSPS) is 13.8. The van der Waals surface area contributed by atoms with Gasteiger partial charge in [0.1, 0.15) is 0 Å². The first kappa shape index (κ1) is 11.2. The largest absolute Gasteiger partial charge is 0.480 e. The van der Waals surface area contributed by atoms with E-state index in [1.807, 2.05) is 0 Å². The van der Waals surface area contributed by atoms with Crippen LogP contribution in [0.5, 0.6) is 0 Å². The first-order valence-corrected chi connectivity index (χ1v) is 5.07. The van der Waals surface area contributed by atoms with Crippen molar-refractivity contribution < 1.29 is 18.3 Å². The van der Waals surface area contributed by atoms with Crippen molar-refractivity contribution in [2.75, 3.05) is 5.75 Å². The van der Waals surface area contributed by atoms with Crippen LogP contribution in [-0.2, 0) is 14.6 Å². The van der Waals surface area contributed by atoms with E-state index < -0.39 is 21.1 Å². The van der Waals surface area contributed by atoms with E-state index in [9.17, 15) is 13.2 Å². The molecule has 0 aromatic heterocycles. The van der Waals surface area contributed by atoms with Gasteiger partial charge in [0.2, 0.25) is 0 Å². The molecule has 0 aromatic rings. The molecule has 0 bridgehead atoms. The van der Waals surface area contributed by atoms with Crippen LogP contribution >= 0.6 is 0 Å². The lowest BCUT2D eigenvalue weighted by Gasteiger charge is -2.07. The molecular formula is C7H12O4S. The molecule has 70 valence electrons. The SMILES string of the molecule is C=C(C)CS(=O)(=O)C(C)C(=O)O. The van der Waals surface area contributed by atoms with Gasteiger partial charge in [-0.15, -0.1) is 0 Å². The van der Waals surface area contributed by atoms with Crippen molar-refractivity contribution in [2.45, 2.75) is 19.1 Å². The fraction of sp³-hybridized carbons (Fsp3) is 0.571. The maximum atomic E-state index is 11.1. The van der Waals surface area contributed by atoms with Gasteiger partial charge in [-0.2, -0.15) is 0 Å². The zero-order valence-electron chi connectivity index (χ0n) is 7.07. The summed E-state index contributed by atoms with van der Waals surface area (Å²) in [6, 6.07) is 0. The molecule has 0 spiro atoms. The number of rotatable bonds is 4. The van der Waals surface area contributed by atoms with E-state index in [0.717, 1.165) is 6.92 Å². The molecule has 0 saturated carbocycles. The second kappa shape index (κ2) is 3.71. The van der Waals surface area contributed by atoms with Crippen molar-refractivity contribution in [1.29, 1.82) is 0 Å². The van der Waals surface area contributed by atoms with Gasteiger partial charge in [-0.3, -0.25) is 4.79 Å². The second-order valence-electron chi connectivity index (χ2n) is 2.74. The number of sulfone groups is 1. The quantitative estimate of drug-likeness (QED) is 0.656. The molecule has 0 heterocycles. The Kier molecular flexibility index (Phi) is 3.45. The highest BCUT2D eigenvalue weighted by Crippen LogP contribution is 2.05. The van der Waals surface area contributed by atoms with Gasteiger partial charge < -0.3 is 5.11 Å². The summed E-state index contributed by atoms with van der Waals surface area (Å²) in [5, 5.41) is 7.07. The average molecular weight is 192 g/mol. The Morgan fingerprint density at radius 1 is 1.58 bits per heavy atom. The standard InChI is InChI=1S/C7H12O4S/c1-5(2)4-12(10,11)6(3)7(8)9/h6H,1,4H2,2-3H3,(H,8,9). The molecule has 0 aliphatic heterocycles. The van der Waals surface area contributed by atoms with Crippen LogP contribution in [0.1, 0.15) is 13.8 Å². The Bertz CT molecular complexity index is 289. The van der Waals surface area contributed by atoms with Crippen molar-refractivity contribution in [2.24, 2.45) is 0 Å². The van der Waals surface area contributed by atoms with Gasteiger partial charge in [-0.1, -0.05) is 12.2 Å². The summed E-state index contributed by atoms with van der Waals surface area (Å²) in [6.07, 6.45) is 0. The van der Waals surface area contributed by atoms with Gasteiger partial charge in [-0.05, 0) is 13.8 Å². The Morgan fingerprint density at radius 2 is 2.00 bits per heavy atom. The zero-order valence-corrected chi connectivity index (χ0v) is 7.89. The van der Waals surface area contributed by atoms with Gasteiger partial charge >= 0.3 is 5.97 Å². The summed E-state index contributed by atoms with van der Waals surface area (Å²) >= 11 is 0. The van der Waals surface area contributed by atoms with E-state index in [0.29, 0.717) is 5.57 Å². The van der Waals surface area contributed by atoms with Crippen LogP contribution in [0.3, 0.4) is 0 Å². The lowest BCUT2D eigenvalue weighted by atomic mass is 10.4. The average Bonchev–Trinajstić information content (AvgIpc) is 1.82. The highest BCUT2D eigenvalue weighted by atomic mass is 32.2. The second-order valence-corrected chi connectivity index (χ2v) is 5.07. The molecule has 12 heavy (non-hydrogen) atoms. The minimum Gasteiger partial charge on any atom is -0.480 e. The fourth-order valence-electron chi connectivity index (χ4n) is 0.622. The minimum atomic E-state index is -3.56. The topological polar surface area (TPSA) is 71.4 Å². The molecule has 5 heteroatoms. The third-order valence-corrected chi connectivity index (χ3v) is 3.51. The zero-order chi connectivity index (χ0) is 9.94. The Morgan fingerprint density at radius 3 is 2.25 bits per heavy atom. The summed E-state index contributed by atoms with van der Waals surface area (Å²) in [6.45, 7) is 6.11. The third-order valence-electron chi connectivity index (χ3n) is 1.33. The first-order chi connectivity index (χ1) is 5.27. The van der Waals surface area contributed by atoms with Crippen LogP contribution < -0.4 is 0 Å². The number of hydrogen-bond donors (Lipinski definition) is 1. The van der Waals surface area contributed by atoms with E-state index in [4.69, 9.17) is 5.11 Å². The maximum Gasteiger partial charge on any atom is 0.321 e. The van der Waals surface area contributed by atoms with Crippen LogP contribution in [-0.4, -0.2) is 30.5 Å². The van der Waals surface area contributed by atoms with Gasteiger partial charge in [-0.25, -0.2) is 8.42 Å².